The zero-order valence-electron chi connectivity index (χ0n) is 16.8. The SMILES string of the molecule is CC(=O)NS(=O)(=O)c1ccc(NC(=O)CCSc2nc3ccccc3c(=O)n2C)cc1. The summed E-state index contributed by atoms with van der Waals surface area (Å²) in [6.07, 6.45) is 0.166. The van der Waals surface area contributed by atoms with Crippen LogP contribution in [0, 0.1) is 0 Å². The molecule has 3 rings (SSSR count). The van der Waals surface area contributed by atoms with Crippen LogP contribution in [-0.4, -0.2) is 35.5 Å². The van der Waals surface area contributed by atoms with Crippen LogP contribution in [0.2, 0.25) is 0 Å². The van der Waals surface area contributed by atoms with Crippen molar-refractivity contribution in [3.8, 4) is 0 Å². The van der Waals surface area contributed by atoms with Gasteiger partial charge in [-0.3, -0.25) is 19.0 Å². The number of amides is 2. The van der Waals surface area contributed by atoms with Crippen LogP contribution in [0.1, 0.15) is 13.3 Å². The van der Waals surface area contributed by atoms with Gasteiger partial charge in [0.05, 0.1) is 15.8 Å². The van der Waals surface area contributed by atoms with E-state index in [9.17, 15) is 22.8 Å². The van der Waals surface area contributed by atoms with Crippen molar-refractivity contribution in [2.75, 3.05) is 11.1 Å². The maximum absolute atomic E-state index is 12.4. The molecule has 162 valence electrons. The summed E-state index contributed by atoms with van der Waals surface area (Å²) < 4.78 is 27.2. The Balaban J connectivity index is 1.59. The van der Waals surface area contributed by atoms with E-state index in [1.165, 1.54) is 40.6 Å². The fourth-order valence-corrected chi connectivity index (χ4v) is 4.65. The Labute approximate surface area is 182 Å². The lowest BCUT2D eigenvalue weighted by Crippen LogP contribution is -2.28. The highest BCUT2D eigenvalue weighted by Crippen LogP contribution is 2.19. The van der Waals surface area contributed by atoms with Gasteiger partial charge in [0.15, 0.2) is 5.16 Å². The van der Waals surface area contributed by atoms with Crippen LogP contribution >= 0.6 is 11.8 Å². The van der Waals surface area contributed by atoms with E-state index < -0.39 is 15.9 Å². The fraction of sp³-hybridized carbons (Fsp3) is 0.200. The van der Waals surface area contributed by atoms with Crippen LogP contribution in [0.25, 0.3) is 10.9 Å². The second kappa shape index (κ2) is 9.31. The molecule has 2 aromatic carbocycles. The van der Waals surface area contributed by atoms with E-state index in [2.05, 4.69) is 10.3 Å². The monoisotopic (exact) mass is 460 g/mol. The van der Waals surface area contributed by atoms with E-state index in [-0.39, 0.29) is 22.8 Å². The van der Waals surface area contributed by atoms with E-state index in [0.29, 0.717) is 27.5 Å². The number of para-hydroxylation sites is 1. The first-order chi connectivity index (χ1) is 14.7. The average molecular weight is 461 g/mol. The summed E-state index contributed by atoms with van der Waals surface area (Å²) in [5.74, 6) is -0.552. The first-order valence-corrected chi connectivity index (χ1v) is 11.7. The summed E-state index contributed by atoms with van der Waals surface area (Å²) in [7, 11) is -2.28. The number of sulfonamides is 1. The number of thioether (sulfide) groups is 1. The summed E-state index contributed by atoms with van der Waals surface area (Å²) in [5, 5.41) is 3.74. The number of anilines is 1. The molecule has 0 aliphatic heterocycles. The van der Waals surface area contributed by atoms with Gasteiger partial charge in [0, 0.05) is 31.8 Å². The molecule has 0 aliphatic rings. The number of aromatic nitrogens is 2. The fourth-order valence-electron chi connectivity index (χ4n) is 2.75. The van der Waals surface area contributed by atoms with Gasteiger partial charge in [0.1, 0.15) is 0 Å². The van der Waals surface area contributed by atoms with Crippen LogP contribution in [0.15, 0.2) is 63.4 Å². The standard InChI is InChI=1S/C20H20N4O5S2/c1-13(25)23-31(28,29)15-9-7-14(8-10-15)21-18(26)11-12-30-20-22-17-6-4-3-5-16(17)19(27)24(20)2/h3-10H,11-12H2,1-2H3,(H,21,26)(H,23,25). The minimum atomic E-state index is -3.92. The topological polar surface area (TPSA) is 127 Å². The number of nitrogens with one attached hydrogen (secondary N) is 2. The molecule has 0 saturated heterocycles. The minimum absolute atomic E-state index is 0.0837. The van der Waals surface area contributed by atoms with E-state index >= 15 is 0 Å². The first kappa shape index (κ1) is 22.5. The van der Waals surface area contributed by atoms with E-state index in [1.807, 2.05) is 10.8 Å². The molecule has 0 radical (unpaired) electrons. The van der Waals surface area contributed by atoms with Crippen molar-refractivity contribution in [3.63, 3.8) is 0 Å². The van der Waals surface area contributed by atoms with Crippen LogP contribution in [0.4, 0.5) is 5.69 Å². The number of nitrogens with zero attached hydrogens (tertiary/aromatic N) is 2. The highest BCUT2D eigenvalue weighted by atomic mass is 32.2. The number of hydrogen-bond acceptors (Lipinski definition) is 7. The molecule has 0 saturated carbocycles. The van der Waals surface area contributed by atoms with Gasteiger partial charge in [-0.25, -0.2) is 18.1 Å². The zero-order valence-corrected chi connectivity index (χ0v) is 18.4. The molecule has 0 unspecified atom stereocenters. The zero-order chi connectivity index (χ0) is 22.6. The molecule has 11 heteroatoms. The summed E-state index contributed by atoms with van der Waals surface area (Å²) >= 11 is 1.30. The minimum Gasteiger partial charge on any atom is -0.326 e. The van der Waals surface area contributed by atoms with Gasteiger partial charge in [-0.2, -0.15) is 0 Å². The molecule has 1 aromatic heterocycles. The summed E-state index contributed by atoms with van der Waals surface area (Å²) in [6.45, 7) is 1.11. The number of carbonyl (C=O) groups is 2. The predicted molar refractivity (Wildman–Crippen MR) is 118 cm³/mol. The van der Waals surface area contributed by atoms with Gasteiger partial charge in [-0.05, 0) is 36.4 Å². The lowest BCUT2D eigenvalue weighted by Gasteiger charge is -2.09. The molecular weight excluding hydrogens is 440 g/mol. The van der Waals surface area contributed by atoms with Crippen molar-refractivity contribution in [2.24, 2.45) is 7.05 Å². The van der Waals surface area contributed by atoms with Crippen molar-refractivity contribution >= 4 is 50.2 Å². The Bertz CT molecular complexity index is 1300. The van der Waals surface area contributed by atoms with Crippen molar-refractivity contribution in [3.05, 3.63) is 58.9 Å². The molecule has 2 N–H and O–H groups in total. The van der Waals surface area contributed by atoms with E-state index in [1.54, 1.807) is 25.2 Å². The molecule has 0 aliphatic carbocycles. The van der Waals surface area contributed by atoms with Gasteiger partial charge in [-0.15, -0.1) is 0 Å². The third-order valence-corrected chi connectivity index (χ3v) is 6.71. The van der Waals surface area contributed by atoms with Crippen LogP contribution in [0.5, 0.6) is 0 Å². The summed E-state index contributed by atoms with van der Waals surface area (Å²) in [5.41, 5.74) is 0.881. The second-order valence-corrected chi connectivity index (χ2v) is 9.35. The number of benzene rings is 2. The van der Waals surface area contributed by atoms with Gasteiger partial charge in [0.2, 0.25) is 11.8 Å². The molecule has 0 atom stereocenters. The molecule has 1 heterocycles. The van der Waals surface area contributed by atoms with Crippen molar-refractivity contribution in [1.29, 1.82) is 0 Å². The Morgan fingerprint density at radius 2 is 1.77 bits per heavy atom. The van der Waals surface area contributed by atoms with E-state index in [4.69, 9.17) is 0 Å². The largest absolute Gasteiger partial charge is 0.326 e. The van der Waals surface area contributed by atoms with Crippen molar-refractivity contribution in [2.45, 2.75) is 23.4 Å². The highest BCUT2D eigenvalue weighted by Gasteiger charge is 2.15. The number of carbonyl (C=O) groups excluding carboxylic acids is 2. The number of hydrogen-bond donors (Lipinski definition) is 2. The van der Waals surface area contributed by atoms with Crippen molar-refractivity contribution in [1.82, 2.24) is 14.3 Å². The van der Waals surface area contributed by atoms with Gasteiger partial charge in [0.25, 0.3) is 15.6 Å². The molecule has 0 spiro atoms. The molecule has 9 nitrogen and oxygen atoms in total. The van der Waals surface area contributed by atoms with Crippen LogP contribution < -0.4 is 15.6 Å². The van der Waals surface area contributed by atoms with E-state index in [0.717, 1.165) is 6.92 Å². The predicted octanol–water partition coefficient (Wildman–Crippen LogP) is 1.88. The Kier molecular flexibility index (Phi) is 6.76. The smallest absolute Gasteiger partial charge is 0.264 e. The summed E-state index contributed by atoms with van der Waals surface area (Å²) in [4.78, 5) is 40.0. The third-order valence-electron chi connectivity index (χ3n) is 4.23. The second-order valence-electron chi connectivity index (χ2n) is 6.61. The molecule has 31 heavy (non-hydrogen) atoms. The molecule has 3 aromatic rings. The molecule has 0 bridgehead atoms. The molecule has 0 fully saturated rings. The Morgan fingerprint density at radius 1 is 1.10 bits per heavy atom. The molecular formula is C20H20N4O5S2. The third kappa shape index (κ3) is 5.50. The van der Waals surface area contributed by atoms with Gasteiger partial charge < -0.3 is 5.32 Å². The molecule has 2 amide bonds. The Hall–Kier alpha value is -3.18. The maximum atomic E-state index is 12.4. The normalized spacial score (nSPS) is 11.3. The highest BCUT2D eigenvalue weighted by molar-refractivity contribution is 7.99. The summed E-state index contributed by atoms with van der Waals surface area (Å²) in [6, 6.07) is 12.5. The van der Waals surface area contributed by atoms with Gasteiger partial charge >= 0.3 is 0 Å². The lowest BCUT2D eigenvalue weighted by molar-refractivity contribution is -0.117. The number of fused-ring (bicyclic) bond motifs is 1. The number of rotatable bonds is 7. The lowest BCUT2D eigenvalue weighted by atomic mass is 10.2. The van der Waals surface area contributed by atoms with Crippen LogP contribution in [-0.2, 0) is 26.7 Å². The Morgan fingerprint density at radius 3 is 2.45 bits per heavy atom. The van der Waals surface area contributed by atoms with Gasteiger partial charge in [-0.1, -0.05) is 23.9 Å². The van der Waals surface area contributed by atoms with Crippen LogP contribution in [0.3, 0.4) is 0 Å². The van der Waals surface area contributed by atoms with Crippen molar-refractivity contribution < 1.29 is 18.0 Å². The average Bonchev–Trinajstić information content (AvgIpc) is 2.71. The first-order valence-electron chi connectivity index (χ1n) is 9.19. The quantitative estimate of drug-likeness (QED) is 0.407. The maximum Gasteiger partial charge on any atom is 0.264 e.